The second-order valence-electron chi connectivity index (χ2n) is 6.74. The van der Waals surface area contributed by atoms with Crippen LogP contribution in [0.4, 0.5) is 5.69 Å². The fraction of sp³-hybridized carbons (Fsp3) is 0.381. The highest BCUT2D eigenvalue weighted by atomic mass is 35.5. The standard InChI is InChI=1S/C21H25ClN2O3/c1-3-8-24(12-20(25)23-19-7-5-4-6-15(19)2)11-16-9-18(22)10-17-13-26-14-27-21(16)17/h4-7,9-10H,3,8,11-14H2,1-2H3,(H,23,25). The van der Waals surface area contributed by atoms with Crippen LogP contribution >= 0.6 is 11.6 Å². The fourth-order valence-electron chi connectivity index (χ4n) is 3.25. The van der Waals surface area contributed by atoms with Crippen LogP contribution in [-0.4, -0.2) is 30.7 Å². The van der Waals surface area contributed by atoms with Gasteiger partial charge in [-0.15, -0.1) is 0 Å². The van der Waals surface area contributed by atoms with E-state index in [0.717, 1.165) is 41.1 Å². The summed E-state index contributed by atoms with van der Waals surface area (Å²) in [6, 6.07) is 11.6. The molecule has 0 bridgehead atoms. The maximum atomic E-state index is 12.6. The van der Waals surface area contributed by atoms with Crippen LogP contribution in [-0.2, 0) is 22.7 Å². The molecule has 1 amide bonds. The average Bonchev–Trinajstić information content (AvgIpc) is 2.63. The Hall–Kier alpha value is -2.08. The number of nitrogens with one attached hydrogen (secondary N) is 1. The van der Waals surface area contributed by atoms with E-state index in [1.54, 1.807) is 0 Å². The summed E-state index contributed by atoms with van der Waals surface area (Å²) in [4.78, 5) is 14.7. The van der Waals surface area contributed by atoms with Crippen molar-refractivity contribution in [2.75, 3.05) is 25.2 Å². The zero-order chi connectivity index (χ0) is 19.2. The van der Waals surface area contributed by atoms with Gasteiger partial charge < -0.3 is 14.8 Å². The Bertz CT molecular complexity index is 810. The van der Waals surface area contributed by atoms with E-state index in [4.69, 9.17) is 21.1 Å². The van der Waals surface area contributed by atoms with Gasteiger partial charge in [-0.2, -0.15) is 0 Å². The first-order valence-electron chi connectivity index (χ1n) is 9.16. The number of nitrogens with zero attached hydrogens (tertiary/aromatic N) is 1. The van der Waals surface area contributed by atoms with Crippen LogP contribution < -0.4 is 10.1 Å². The highest BCUT2D eigenvalue weighted by molar-refractivity contribution is 6.30. The number of hydrogen-bond donors (Lipinski definition) is 1. The number of carbonyl (C=O) groups excluding carboxylic acids is 1. The van der Waals surface area contributed by atoms with Crippen molar-refractivity contribution in [1.29, 1.82) is 0 Å². The minimum Gasteiger partial charge on any atom is -0.467 e. The second-order valence-corrected chi connectivity index (χ2v) is 7.17. The monoisotopic (exact) mass is 388 g/mol. The van der Waals surface area contributed by atoms with E-state index in [-0.39, 0.29) is 12.7 Å². The van der Waals surface area contributed by atoms with E-state index >= 15 is 0 Å². The molecule has 0 saturated heterocycles. The van der Waals surface area contributed by atoms with Crippen LogP contribution in [0.15, 0.2) is 36.4 Å². The van der Waals surface area contributed by atoms with Crippen molar-refractivity contribution in [3.63, 3.8) is 0 Å². The van der Waals surface area contributed by atoms with E-state index in [9.17, 15) is 4.79 Å². The first-order valence-corrected chi connectivity index (χ1v) is 9.54. The summed E-state index contributed by atoms with van der Waals surface area (Å²) < 4.78 is 11.0. The van der Waals surface area contributed by atoms with Crippen molar-refractivity contribution in [2.24, 2.45) is 0 Å². The first kappa shape index (κ1) is 19.7. The smallest absolute Gasteiger partial charge is 0.238 e. The summed E-state index contributed by atoms with van der Waals surface area (Å²) in [6.07, 6.45) is 0.949. The molecule has 0 atom stereocenters. The summed E-state index contributed by atoms with van der Waals surface area (Å²) in [5, 5.41) is 3.65. The number of carbonyl (C=O) groups is 1. The number of para-hydroxylation sites is 1. The molecule has 0 aromatic heterocycles. The Labute approximate surface area is 165 Å². The summed E-state index contributed by atoms with van der Waals surface area (Å²) >= 11 is 6.26. The zero-order valence-electron chi connectivity index (χ0n) is 15.8. The summed E-state index contributed by atoms with van der Waals surface area (Å²) in [5.41, 5.74) is 3.83. The molecule has 0 spiro atoms. The van der Waals surface area contributed by atoms with Gasteiger partial charge in [-0.3, -0.25) is 9.69 Å². The van der Waals surface area contributed by atoms with E-state index in [1.165, 1.54) is 0 Å². The minimum atomic E-state index is -0.0297. The van der Waals surface area contributed by atoms with Crippen molar-refractivity contribution >= 4 is 23.2 Å². The molecule has 3 rings (SSSR count). The van der Waals surface area contributed by atoms with Gasteiger partial charge >= 0.3 is 0 Å². The number of halogens is 1. The number of benzene rings is 2. The molecule has 27 heavy (non-hydrogen) atoms. The van der Waals surface area contributed by atoms with Crippen LogP contribution in [0.1, 0.15) is 30.0 Å². The van der Waals surface area contributed by atoms with Gasteiger partial charge in [0.05, 0.1) is 13.2 Å². The van der Waals surface area contributed by atoms with E-state index in [1.807, 2.05) is 43.3 Å². The minimum absolute atomic E-state index is 0.0297. The zero-order valence-corrected chi connectivity index (χ0v) is 16.5. The molecule has 2 aromatic carbocycles. The Morgan fingerprint density at radius 1 is 1.30 bits per heavy atom. The Balaban J connectivity index is 1.72. The summed E-state index contributed by atoms with van der Waals surface area (Å²) in [5.74, 6) is 0.795. The normalized spacial score (nSPS) is 13.2. The van der Waals surface area contributed by atoms with Gasteiger partial charge in [0, 0.05) is 28.4 Å². The van der Waals surface area contributed by atoms with Crippen molar-refractivity contribution < 1.29 is 14.3 Å². The van der Waals surface area contributed by atoms with E-state index in [0.29, 0.717) is 24.7 Å². The molecule has 2 aromatic rings. The Morgan fingerprint density at radius 2 is 2.11 bits per heavy atom. The number of amides is 1. The van der Waals surface area contributed by atoms with Gasteiger partial charge in [0.25, 0.3) is 0 Å². The maximum Gasteiger partial charge on any atom is 0.238 e. The number of aryl methyl sites for hydroxylation is 1. The Morgan fingerprint density at radius 3 is 2.89 bits per heavy atom. The number of anilines is 1. The molecule has 1 aliphatic heterocycles. The van der Waals surface area contributed by atoms with Gasteiger partial charge in [0.2, 0.25) is 5.91 Å². The lowest BCUT2D eigenvalue weighted by atomic mass is 10.1. The van der Waals surface area contributed by atoms with Gasteiger partial charge in [0.15, 0.2) is 6.79 Å². The maximum absolute atomic E-state index is 12.6. The number of rotatable bonds is 7. The first-order chi connectivity index (χ1) is 13.1. The molecule has 1 N–H and O–H groups in total. The molecule has 1 heterocycles. The molecule has 144 valence electrons. The molecule has 0 fully saturated rings. The lowest BCUT2D eigenvalue weighted by Crippen LogP contribution is -2.34. The van der Waals surface area contributed by atoms with Crippen LogP contribution in [0, 0.1) is 6.92 Å². The van der Waals surface area contributed by atoms with Crippen molar-refractivity contribution in [3.05, 3.63) is 58.1 Å². The average molecular weight is 389 g/mol. The predicted octanol–water partition coefficient (Wildman–Crippen LogP) is 4.37. The molecule has 6 heteroatoms. The third kappa shape index (κ3) is 5.22. The lowest BCUT2D eigenvalue weighted by Gasteiger charge is -2.26. The molecule has 0 aliphatic carbocycles. The molecule has 0 radical (unpaired) electrons. The number of ether oxygens (including phenoxy) is 2. The summed E-state index contributed by atoms with van der Waals surface area (Å²) in [6.45, 7) is 6.52. The van der Waals surface area contributed by atoms with Crippen molar-refractivity contribution in [2.45, 2.75) is 33.4 Å². The number of fused-ring (bicyclic) bond motifs is 1. The van der Waals surface area contributed by atoms with Crippen LogP contribution in [0.2, 0.25) is 5.02 Å². The second kappa shape index (κ2) is 9.22. The van der Waals surface area contributed by atoms with Gasteiger partial charge in [-0.25, -0.2) is 0 Å². The highest BCUT2D eigenvalue weighted by Crippen LogP contribution is 2.32. The molecule has 5 nitrogen and oxygen atoms in total. The molecule has 0 saturated carbocycles. The number of hydrogen-bond acceptors (Lipinski definition) is 4. The quantitative estimate of drug-likeness (QED) is 0.765. The fourth-order valence-corrected chi connectivity index (χ4v) is 3.51. The van der Waals surface area contributed by atoms with Gasteiger partial charge in [-0.05, 0) is 43.7 Å². The topological polar surface area (TPSA) is 50.8 Å². The van der Waals surface area contributed by atoms with Crippen LogP contribution in [0.5, 0.6) is 5.75 Å². The van der Waals surface area contributed by atoms with Crippen LogP contribution in [0.3, 0.4) is 0 Å². The predicted molar refractivity (Wildman–Crippen MR) is 107 cm³/mol. The molecule has 0 unspecified atom stereocenters. The lowest BCUT2D eigenvalue weighted by molar-refractivity contribution is -0.117. The van der Waals surface area contributed by atoms with Gasteiger partial charge in [-0.1, -0.05) is 36.7 Å². The molecular weight excluding hydrogens is 364 g/mol. The van der Waals surface area contributed by atoms with Crippen molar-refractivity contribution in [1.82, 2.24) is 4.90 Å². The summed E-state index contributed by atoms with van der Waals surface area (Å²) in [7, 11) is 0. The largest absolute Gasteiger partial charge is 0.467 e. The van der Waals surface area contributed by atoms with Crippen molar-refractivity contribution in [3.8, 4) is 5.75 Å². The Kier molecular flexibility index (Phi) is 6.72. The van der Waals surface area contributed by atoms with E-state index in [2.05, 4.69) is 17.1 Å². The third-order valence-electron chi connectivity index (χ3n) is 4.47. The van der Waals surface area contributed by atoms with E-state index < -0.39 is 0 Å². The van der Waals surface area contributed by atoms with Crippen LogP contribution in [0.25, 0.3) is 0 Å². The SMILES string of the molecule is CCCN(CC(=O)Nc1ccccc1C)Cc1cc(Cl)cc2c1OCOC2. The third-order valence-corrected chi connectivity index (χ3v) is 4.69. The van der Waals surface area contributed by atoms with Gasteiger partial charge in [0.1, 0.15) is 5.75 Å². The molecular formula is C21H25ClN2O3. The highest BCUT2D eigenvalue weighted by Gasteiger charge is 2.19. The molecule has 1 aliphatic rings.